The van der Waals surface area contributed by atoms with Gasteiger partial charge in [-0.2, -0.15) is 0 Å². The number of rotatable bonds is 3. The molecule has 4 nitrogen and oxygen atoms in total. The van der Waals surface area contributed by atoms with Crippen molar-refractivity contribution in [3.05, 3.63) is 42.2 Å². The van der Waals surface area contributed by atoms with Crippen molar-refractivity contribution in [1.82, 2.24) is 9.97 Å². The number of benzene rings is 1. The molecule has 0 unspecified atom stereocenters. The van der Waals surface area contributed by atoms with Crippen LogP contribution in [0.25, 0.3) is 23.2 Å². The molecule has 1 aromatic carbocycles. The largest absolute Gasteiger partial charge is 0.478 e. The Kier molecular flexibility index (Phi) is 2.55. The average Bonchev–Trinajstić information content (AvgIpc) is 2.68. The number of fused-ring (bicyclic) bond motifs is 1. The summed E-state index contributed by atoms with van der Waals surface area (Å²) in [7, 11) is 0. The number of nitrogens with one attached hydrogen (secondary N) is 1. The minimum atomic E-state index is -0.962. The van der Waals surface area contributed by atoms with Crippen molar-refractivity contribution < 1.29 is 9.90 Å². The Hall–Kier alpha value is -2.36. The van der Waals surface area contributed by atoms with E-state index < -0.39 is 5.97 Å². The second-order valence-electron chi connectivity index (χ2n) is 3.27. The summed E-state index contributed by atoms with van der Waals surface area (Å²) in [5, 5.41) is 8.51. The van der Waals surface area contributed by atoms with E-state index in [4.69, 9.17) is 5.11 Å². The van der Waals surface area contributed by atoms with Crippen LogP contribution < -0.4 is 0 Å². The van der Waals surface area contributed by atoms with Crippen LogP contribution in [0.2, 0.25) is 0 Å². The second-order valence-corrected chi connectivity index (χ2v) is 3.27. The fourth-order valence-electron chi connectivity index (χ4n) is 1.41. The van der Waals surface area contributed by atoms with Gasteiger partial charge in [0.1, 0.15) is 5.82 Å². The first-order valence-corrected chi connectivity index (χ1v) is 4.72. The van der Waals surface area contributed by atoms with Crippen LogP contribution in [0, 0.1) is 0 Å². The molecule has 2 N–H and O–H groups in total. The summed E-state index contributed by atoms with van der Waals surface area (Å²) >= 11 is 0. The van der Waals surface area contributed by atoms with Crippen molar-refractivity contribution in [3.63, 3.8) is 0 Å². The summed E-state index contributed by atoms with van der Waals surface area (Å²) in [6.07, 6.45) is 4.27. The van der Waals surface area contributed by atoms with Crippen molar-refractivity contribution in [2.24, 2.45) is 0 Å². The topological polar surface area (TPSA) is 66.0 Å². The molecule has 0 bridgehead atoms. The van der Waals surface area contributed by atoms with Crippen molar-refractivity contribution in [2.75, 3.05) is 0 Å². The van der Waals surface area contributed by atoms with Gasteiger partial charge >= 0.3 is 5.97 Å². The molecule has 4 heteroatoms. The number of carbonyl (C=O) groups is 1. The molecule has 0 spiro atoms. The van der Waals surface area contributed by atoms with Gasteiger partial charge in [0.15, 0.2) is 0 Å². The van der Waals surface area contributed by atoms with E-state index in [1.54, 1.807) is 6.08 Å². The number of imidazole rings is 1. The number of H-pyrrole nitrogens is 1. The van der Waals surface area contributed by atoms with Gasteiger partial charge in [-0.1, -0.05) is 12.6 Å². The monoisotopic (exact) mass is 214 g/mol. The molecule has 0 amide bonds. The Balaban J connectivity index is 2.43. The first kappa shape index (κ1) is 10.2. The SMILES string of the molecule is C=Cc1nc2ccc(/C=C/C(=O)O)cc2[nH]1. The Bertz CT molecular complexity index is 582. The normalized spacial score (nSPS) is 11.0. The van der Waals surface area contributed by atoms with Crippen LogP contribution in [0.3, 0.4) is 0 Å². The highest BCUT2D eigenvalue weighted by molar-refractivity contribution is 5.87. The minimum Gasteiger partial charge on any atom is -0.478 e. The highest BCUT2D eigenvalue weighted by Crippen LogP contribution is 2.15. The fourth-order valence-corrected chi connectivity index (χ4v) is 1.41. The smallest absolute Gasteiger partial charge is 0.328 e. The van der Waals surface area contributed by atoms with Crippen molar-refractivity contribution in [3.8, 4) is 0 Å². The number of aromatic nitrogens is 2. The molecule has 0 aliphatic rings. The average molecular weight is 214 g/mol. The summed E-state index contributed by atoms with van der Waals surface area (Å²) in [6, 6.07) is 5.49. The quantitative estimate of drug-likeness (QED) is 0.770. The molecule has 0 radical (unpaired) electrons. The van der Waals surface area contributed by atoms with Gasteiger partial charge in [0.25, 0.3) is 0 Å². The molecule has 1 heterocycles. The molecule has 0 aliphatic heterocycles. The zero-order chi connectivity index (χ0) is 11.5. The number of carboxylic acids is 1. The van der Waals surface area contributed by atoms with E-state index >= 15 is 0 Å². The van der Waals surface area contributed by atoms with Gasteiger partial charge in [0.2, 0.25) is 0 Å². The molecule has 0 atom stereocenters. The van der Waals surface area contributed by atoms with E-state index in [-0.39, 0.29) is 0 Å². The van der Waals surface area contributed by atoms with Gasteiger partial charge < -0.3 is 10.1 Å². The van der Waals surface area contributed by atoms with Crippen LogP contribution in [0.15, 0.2) is 30.9 Å². The van der Waals surface area contributed by atoms with E-state index in [0.29, 0.717) is 5.82 Å². The number of hydrogen-bond acceptors (Lipinski definition) is 2. The molecule has 0 fully saturated rings. The Morgan fingerprint density at radius 1 is 1.50 bits per heavy atom. The summed E-state index contributed by atoms with van der Waals surface area (Å²) in [6.45, 7) is 3.62. The summed E-state index contributed by atoms with van der Waals surface area (Å²) in [4.78, 5) is 17.7. The lowest BCUT2D eigenvalue weighted by molar-refractivity contribution is -0.131. The van der Waals surface area contributed by atoms with Crippen LogP contribution in [0.1, 0.15) is 11.4 Å². The molecule has 2 rings (SSSR count). The number of aliphatic carboxylic acids is 1. The van der Waals surface area contributed by atoms with E-state index in [0.717, 1.165) is 22.7 Å². The maximum absolute atomic E-state index is 10.4. The molecule has 0 aliphatic carbocycles. The number of nitrogens with zero attached hydrogens (tertiary/aromatic N) is 1. The van der Waals surface area contributed by atoms with Crippen LogP contribution in [0.5, 0.6) is 0 Å². The molecule has 80 valence electrons. The predicted octanol–water partition coefficient (Wildman–Crippen LogP) is 2.30. The predicted molar refractivity (Wildman–Crippen MR) is 62.9 cm³/mol. The summed E-state index contributed by atoms with van der Waals surface area (Å²) < 4.78 is 0. The lowest BCUT2D eigenvalue weighted by atomic mass is 10.2. The van der Waals surface area contributed by atoms with E-state index in [1.807, 2.05) is 18.2 Å². The maximum atomic E-state index is 10.4. The number of carboxylic acid groups (broad SMARTS) is 1. The first-order chi connectivity index (χ1) is 7.69. The zero-order valence-corrected chi connectivity index (χ0v) is 8.47. The number of aromatic amines is 1. The standard InChI is InChI=1S/C12H10N2O2/c1-2-11-13-9-5-3-8(4-6-12(15)16)7-10(9)14-11/h2-7H,1H2,(H,13,14)(H,15,16)/b6-4+. The summed E-state index contributed by atoms with van der Waals surface area (Å²) in [5.74, 6) is -0.258. The van der Waals surface area contributed by atoms with Crippen molar-refractivity contribution >= 4 is 29.2 Å². The lowest BCUT2D eigenvalue weighted by Gasteiger charge is -1.92. The minimum absolute atomic E-state index is 0.703. The van der Waals surface area contributed by atoms with Gasteiger partial charge in [0.05, 0.1) is 11.0 Å². The van der Waals surface area contributed by atoms with Crippen LogP contribution in [0.4, 0.5) is 0 Å². The molecule has 16 heavy (non-hydrogen) atoms. The lowest BCUT2D eigenvalue weighted by Crippen LogP contribution is -1.85. The van der Waals surface area contributed by atoms with Gasteiger partial charge in [-0.15, -0.1) is 0 Å². The third kappa shape index (κ3) is 2.00. The molecule has 0 saturated carbocycles. The molecular formula is C12H10N2O2. The Morgan fingerprint density at radius 3 is 3.00 bits per heavy atom. The van der Waals surface area contributed by atoms with Gasteiger partial charge in [-0.3, -0.25) is 0 Å². The van der Waals surface area contributed by atoms with Crippen LogP contribution in [-0.2, 0) is 4.79 Å². The van der Waals surface area contributed by atoms with E-state index in [9.17, 15) is 4.79 Å². The van der Waals surface area contributed by atoms with Crippen molar-refractivity contribution in [2.45, 2.75) is 0 Å². The highest BCUT2D eigenvalue weighted by atomic mass is 16.4. The molecular weight excluding hydrogens is 204 g/mol. The van der Waals surface area contributed by atoms with Gasteiger partial charge in [0, 0.05) is 6.08 Å². The Morgan fingerprint density at radius 2 is 2.31 bits per heavy atom. The second kappa shape index (κ2) is 4.02. The zero-order valence-electron chi connectivity index (χ0n) is 8.47. The number of hydrogen-bond donors (Lipinski definition) is 2. The van der Waals surface area contributed by atoms with Gasteiger partial charge in [-0.05, 0) is 29.8 Å². The Labute approximate surface area is 91.9 Å². The van der Waals surface area contributed by atoms with E-state index in [1.165, 1.54) is 6.08 Å². The van der Waals surface area contributed by atoms with Crippen molar-refractivity contribution in [1.29, 1.82) is 0 Å². The van der Waals surface area contributed by atoms with Gasteiger partial charge in [-0.25, -0.2) is 9.78 Å². The third-order valence-corrected chi connectivity index (χ3v) is 2.14. The summed E-state index contributed by atoms with van der Waals surface area (Å²) in [5.41, 5.74) is 2.51. The maximum Gasteiger partial charge on any atom is 0.328 e. The fraction of sp³-hybridized carbons (Fsp3) is 0. The first-order valence-electron chi connectivity index (χ1n) is 4.72. The molecule has 1 aromatic heterocycles. The molecule has 2 aromatic rings. The molecule has 0 saturated heterocycles. The van der Waals surface area contributed by atoms with E-state index in [2.05, 4.69) is 16.5 Å². The third-order valence-electron chi connectivity index (χ3n) is 2.14. The highest BCUT2D eigenvalue weighted by Gasteiger charge is 2.00. The van der Waals surface area contributed by atoms with Crippen LogP contribution >= 0.6 is 0 Å². The van der Waals surface area contributed by atoms with Crippen LogP contribution in [-0.4, -0.2) is 21.0 Å².